The van der Waals surface area contributed by atoms with Crippen LogP contribution in [0.25, 0.3) is 5.65 Å². The second-order valence-electron chi connectivity index (χ2n) is 8.19. The molecule has 2 aromatic heterocycles. The molecule has 1 fully saturated rings. The van der Waals surface area contributed by atoms with Crippen LogP contribution in [0.2, 0.25) is 0 Å². The van der Waals surface area contributed by atoms with E-state index < -0.39 is 0 Å². The third-order valence-electron chi connectivity index (χ3n) is 6.08. The number of rotatable bonds is 7. The number of pyridine rings is 1. The molecule has 4 rings (SSSR count). The molecule has 0 spiro atoms. The molecule has 1 aromatic carbocycles. The van der Waals surface area contributed by atoms with Gasteiger partial charge in [0.25, 0.3) is 0 Å². The van der Waals surface area contributed by atoms with E-state index in [1.165, 1.54) is 11.1 Å². The van der Waals surface area contributed by atoms with Crippen LogP contribution in [0.1, 0.15) is 36.7 Å². The van der Waals surface area contributed by atoms with Crippen molar-refractivity contribution in [3.8, 4) is 5.75 Å². The van der Waals surface area contributed by atoms with Crippen LogP contribution in [0.3, 0.4) is 0 Å². The number of ether oxygens (including phenoxy) is 2. The lowest BCUT2D eigenvalue weighted by molar-refractivity contribution is 0.0505. The molecule has 0 unspecified atom stereocenters. The second-order valence-corrected chi connectivity index (χ2v) is 8.19. The van der Waals surface area contributed by atoms with E-state index >= 15 is 0 Å². The summed E-state index contributed by atoms with van der Waals surface area (Å²) in [5, 5.41) is 15.4. The van der Waals surface area contributed by atoms with Crippen molar-refractivity contribution in [2.75, 3.05) is 33.4 Å². The standard InChI is InChI=1S/C24H32N6O2/c1-4-25-23(26-16-22-29-28-21-7-5-6-12-30(21)22)27-17-24(10-13-32-14-11-24)19-15-18(2)8-9-20(19)31-3/h5-9,12,15H,4,10-11,13-14,16-17H2,1-3H3,(H2,25,26,27). The molecule has 32 heavy (non-hydrogen) atoms. The van der Waals surface area contributed by atoms with Crippen LogP contribution in [0, 0.1) is 6.92 Å². The van der Waals surface area contributed by atoms with Crippen LogP contribution in [-0.2, 0) is 16.7 Å². The van der Waals surface area contributed by atoms with Crippen molar-refractivity contribution >= 4 is 11.6 Å². The van der Waals surface area contributed by atoms with Crippen LogP contribution in [-0.4, -0.2) is 54.0 Å². The topological polar surface area (TPSA) is 85.1 Å². The molecular weight excluding hydrogens is 404 g/mol. The van der Waals surface area contributed by atoms with Crippen molar-refractivity contribution in [2.45, 2.75) is 38.6 Å². The van der Waals surface area contributed by atoms with Crippen molar-refractivity contribution < 1.29 is 9.47 Å². The summed E-state index contributed by atoms with van der Waals surface area (Å²) in [5.41, 5.74) is 3.19. The number of aryl methyl sites for hydroxylation is 1. The molecule has 0 atom stereocenters. The normalized spacial score (nSPS) is 16.2. The lowest BCUT2D eigenvalue weighted by Crippen LogP contribution is -2.48. The smallest absolute Gasteiger partial charge is 0.191 e. The van der Waals surface area contributed by atoms with E-state index in [2.05, 4.69) is 52.9 Å². The number of nitrogens with zero attached hydrogens (tertiary/aromatic N) is 4. The molecule has 8 heteroatoms. The first-order chi connectivity index (χ1) is 15.6. The number of nitrogens with one attached hydrogen (secondary N) is 2. The molecular formula is C24H32N6O2. The van der Waals surface area contributed by atoms with Crippen molar-refractivity contribution in [3.63, 3.8) is 0 Å². The zero-order chi connectivity index (χ0) is 22.4. The zero-order valence-electron chi connectivity index (χ0n) is 19.1. The molecule has 1 saturated heterocycles. The molecule has 170 valence electrons. The van der Waals surface area contributed by atoms with Gasteiger partial charge in [-0.2, -0.15) is 0 Å². The van der Waals surface area contributed by atoms with Crippen molar-refractivity contribution in [1.29, 1.82) is 0 Å². The highest BCUT2D eigenvalue weighted by Crippen LogP contribution is 2.40. The van der Waals surface area contributed by atoms with Gasteiger partial charge in [0, 0.05) is 43.5 Å². The molecule has 1 aliphatic heterocycles. The van der Waals surface area contributed by atoms with Gasteiger partial charge in [-0.25, -0.2) is 4.99 Å². The van der Waals surface area contributed by atoms with E-state index in [-0.39, 0.29) is 5.41 Å². The Bertz CT molecular complexity index is 1070. The highest BCUT2D eigenvalue weighted by atomic mass is 16.5. The maximum absolute atomic E-state index is 5.74. The predicted molar refractivity (Wildman–Crippen MR) is 125 cm³/mol. The van der Waals surface area contributed by atoms with Crippen LogP contribution in [0.4, 0.5) is 0 Å². The summed E-state index contributed by atoms with van der Waals surface area (Å²) < 4.78 is 13.4. The molecule has 0 radical (unpaired) electrons. The fraction of sp³-hybridized carbons (Fsp3) is 0.458. The Kier molecular flexibility index (Phi) is 6.90. The quantitative estimate of drug-likeness (QED) is 0.438. The fourth-order valence-electron chi connectivity index (χ4n) is 4.28. The number of hydrogen-bond acceptors (Lipinski definition) is 5. The molecule has 0 saturated carbocycles. The van der Waals surface area contributed by atoms with Gasteiger partial charge in [0.05, 0.1) is 7.11 Å². The third-order valence-corrected chi connectivity index (χ3v) is 6.08. The summed E-state index contributed by atoms with van der Waals surface area (Å²) in [6.07, 6.45) is 3.81. The highest BCUT2D eigenvalue weighted by Gasteiger charge is 2.37. The summed E-state index contributed by atoms with van der Waals surface area (Å²) in [5.74, 6) is 2.49. The van der Waals surface area contributed by atoms with Crippen molar-refractivity contribution in [2.24, 2.45) is 4.99 Å². The van der Waals surface area contributed by atoms with E-state index in [1.807, 2.05) is 28.8 Å². The van der Waals surface area contributed by atoms with E-state index in [9.17, 15) is 0 Å². The number of benzene rings is 1. The Morgan fingerprint density at radius 3 is 2.81 bits per heavy atom. The van der Waals surface area contributed by atoms with Gasteiger partial charge < -0.3 is 20.1 Å². The van der Waals surface area contributed by atoms with E-state index in [4.69, 9.17) is 14.5 Å². The largest absolute Gasteiger partial charge is 0.496 e. The minimum atomic E-state index is -0.0899. The van der Waals surface area contributed by atoms with E-state index in [1.54, 1.807) is 7.11 Å². The van der Waals surface area contributed by atoms with E-state index in [0.29, 0.717) is 6.54 Å². The lowest BCUT2D eigenvalue weighted by Gasteiger charge is -2.39. The minimum absolute atomic E-state index is 0.0899. The van der Waals surface area contributed by atoms with Crippen LogP contribution in [0.15, 0.2) is 47.6 Å². The van der Waals surface area contributed by atoms with Gasteiger partial charge in [-0.15, -0.1) is 10.2 Å². The van der Waals surface area contributed by atoms with Gasteiger partial charge in [-0.05, 0) is 44.9 Å². The first kappa shape index (κ1) is 22.1. The van der Waals surface area contributed by atoms with Crippen LogP contribution >= 0.6 is 0 Å². The summed E-state index contributed by atoms with van der Waals surface area (Å²) in [6, 6.07) is 12.3. The molecule has 8 nitrogen and oxygen atoms in total. The maximum Gasteiger partial charge on any atom is 0.191 e. The molecule has 2 N–H and O–H groups in total. The van der Waals surface area contributed by atoms with E-state index in [0.717, 1.165) is 62.3 Å². The Hall–Kier alpha value is -3.13. The van der Waals surface area contributed by atoms with Gasteiger partial charge >= 0.3 is 0 Å². The number of methoxy groups -OCH3 is 1. The minimum Gasteiger partial charge on any atom is -0.496 e. The van der Waals surface area contributed by atoms with Gasteiger partial charge in [0.1, 0.15) is 12.3 Å². The molecule has 3 heterocycles. The number of aliphatic imine (C=N–C) groups is 1. The maximum atomic E-state index is 5.74. The first-order valence-electron chi connectivity index (χ1n) is 11.2. The van der Waals surface area contributed by atoms with Gasteiger partial charge in [0.15, 0.2) is 17.4 Å². The Labute approximate surface area is 189 Å². The number of guanidine groups is 1. The second kappa shape index (κ2) is 9.99. The van der Waals surface area contributed by atoms with Crippen molar-refractivity contribution in [1.82, 2.24) is 25.2 Å². The Balaban J connectivity index is 1.56. The summed E-state index contributed by atoms with van der Waals surface area (Å²) in [4.78, 5) is 4.78. The van der Waals surface area contributed by atoms with Gasteiger partial charge in [-0.3, -0.25) is 4.40 Å². The predicted octanol–water partition coefficient (Wildman–Crippen LogP) is 2.85. The van der Waals surface area contributed by atoms with Crippen LogP contribution < -0.4 is 15.4 Å². The van der Waals surface area contributed by atoms with Crippen molar-refractivity contribution in [3.05, 3.63) is 59.5 Å². The Morgan fingerprint density at radius 1 is 1.19 bits per heavy atom. The number of aromatic nitrogens is 3. The lowest BCUT2D eigenvalue weighted by atomic mass is 9.73. The van der Waals surface area contributed by atoms with Gasteiger partial charge in [0.2, 0.25) is 0 Å². The monoisotopic (exact) mass is 436 g/mol. The third kappa shape index (κ3) is 4.70. The van der Waals surface area contributed by atoms with Crippen LogP contribution in [0.5, 0.6) is 5.75 Å². The molecule has 0 aliphatic carbocycles. The summed E-state index contributed by atoms with van der Waals surface area (Å²) in [7, 11) is 1.74. The average Bonchev–Trinajstić information content (AvgIpc) is 3.24. The zero-order valence-corrected chi connectivity index (χ0v) is 19.1. The molecule has 0 bridgehead atoms. The summed E-state index contributed by atoms with van der Waals surface area (Å²) >= 11 is 0. The average molecular weight is 437 g/mol. The number of fused-ring (bicyclic) bond motifs is 1. The molecule has 0 amide bonds. The first-order valence-corrected chi connectivity index (χ1v) is 11.2. The summed E-state index contributed by atoms with van der Waals surface area (Å²) in [6.45, 7) is 7.61. The Morgan fingerprint density at radius 2 is 2.03 bits per heavy atom. The fourth-order valence-corrected chi connectivity index (χ4v) is 4.28. The van der Waals surface area contributed by atoms with Gasteiger partial charge in [-0.1, -0.05) is 23.8 Å². The number of hydrogen-bond donors (Lipinski definition) is 2. The molecule has 1 aliphatic rings. The SMILES string of the molecule is CCNC(=NCc1nnc2ccccn12)NCC1(c2cc(C)ccc2OC)CCOCC1. The highest BCUT2D eigenvalue weighted by molar-refractivity contribution is 5.79. The molecule has 3 aromatic rings.